The number of rotatable bonds is 10. The Morgan fingerprint density at radius 2 is 1.63 bits per heavy atom. The molecule has 0 aliphatic rings. The summed E-state index contributed by atoms with van der Waals surface area (Å²) in [5.41, 5.74) is 2.09. The summed E-state index contributed by atoms with van der Waals surface area (Å²) < 4.78 is 15.6. The molecule has 0 spiro atoms. The van der Waals surface area contributed by atoms with Crippen LogP contribution in [0, 0.1) is 0 Å². The number of carbonyl (C=O) groups excluding carboxylic acids is 2. The van der Waals surface area contributed by atoms with Crippen LogP contribution in [0.25, 0.3) is 0 Å². The standard InChI is InChI=1S/C25H24ClN3O6/c1-32-21-7-5-4-6-20(21)29-25(31)17-8-10-18(11-9-17)28-23(30)15-35-27-14-16-12-19(26)24(34-3)22(13-16)33-2/h4-14H,15H2,1-3H3,(H,28,30)(H,29,31)/b27-14+. The van der Waals surface area contributed by atoms with E-state index in [9.17, 15) is 9.59 Å². The number of oxime groups is 1. The summed E-state index contributed by atoms with van der Waals surface area (Å²) in [4.78, 5) is 29.7. The van der Waals surface area contributed by atoms with Gasteiger partial charge < -0.3 is 29.7 Å². The van der Waals surface area contributed by atoms with Gasteiger partial charge in [0.25, 0.3) is 11.8 Å². The minimum absolute atomic E-state index is 0.305. The van der Waals surface area contributed by atoms with Crippen molar-refractivity contribution in [3.8, 4) is 17.2 Å². The van der Waals surface area contributed by atoms with Crippen LogP contribution < -0.4 is 24.8 Å². The van der Waals surface area contributed by atoms with Gasteiger partial charge in [-0.05, 0) is 48.5 Å². The molecule has 3 aromatic rings. The number of anilines is 2. The molecule has 0 saturated carbocycles. The Morgan fingerprint density at radius 3 is 2.31 bits per heavy atom. The number of nitrogens with zero attached hydrogens (tertiary/aromatic N) is 1. The molecule has 2 N–H and O–H groups in total. The Labute approximate surface area is 207 Å². The third-order valence-electron chi connectivity index (χ3n) is 4.71. The van der Waals surface area contributed by atoms with E-state index in [4.69, 9.17) is 30.6 Å². The Kier molecular flexibility index (Phi) is 8.91. The van der Waals surface area contributed by atoms with Crippen LogP contribution in [-0.2, 0) is 9.63 Å². The summed E-state index contributed by atoms with van der Waals surface area (Å²) in [7, 11) is 4.52. The first-order valence-electron chi connectivity index (χ1n) is 10.4. The van der Waals surface area contributed by atoms with Crippen molar-refractivity contribution in [3.63, 3.8) is 0 Å². The molecule has 3 aromatic carbocycles. The lowest BCUT2D eigenvalue weighted by molar-refractivity contribution is -0.120. The van der Waals surface area contributed by atoms with E-state index in [-0.39, 0.29) is 12.5 Å². The topological polar surface area (TPSA) is 107 Å². The fourth-order valence-electron chi connectivity index (χ4n) is 3.05. The van der Waals surface area contributed by atoms with Crippen molar-refractivity contribution < 1.29 is 28.6 Å². The van der Waals surface area contributed by atoms with Crippen LogP contribution in [0.15, 0.2) is 65.8 Å². The van der Waals surface area contributed by atoms with Crippen LogP contribution in [0.1, 0.15) is 15.9 Å². The second kappa shape index (κ2) is 12.3. The fourth-order valence-corrected chi connectivity index (χ4v) is 3.35. The molecule has 0 bridgehead atoms. The maximum atomic E-state index is 12.5. The average Bonchev–Trinajstić information content (AvgIpc) is 2.87. The second-order valence-corrected chi connectivity index (χ2v) is 7.43. The molecule has 9 nitrogen and oxygen atoms in total. The number of amides is 2. The molecular weight excluding hydrogens is 474 g/mol. The van der Waals surface area contributed by atoms with Gasteiger partial charge in [0.15, 0.2) is 18.1 Å². The molecule has 0 unspecified atom stereocenters. The highest BCUT2D eigenvalue weighted by molar-refractivity contribution is 6.32. The van der Waals surface area contributed by atoms with Crippen molar-refractivity contribution in [1.29, 1.82) is 0 Å². The van der Waals surface area contributed by atoms with Crippen LogP contribution in [0.5, 0.6) is 17.2 Å². The molecule has 3 rings (SSSR count). The van der Waals surface area contributed by atoms with E-state index in [0.717, 1.165) is 0 Å². The van der Waals surface area contributed by atoms with Crippen LogP contribution in [0.4, 0.5) is 11.4 Å². The number of hydrogen-bond acceptors (Lipinski definition) is 7. The number of para-hydroxylation sites is 2. The van der Waals surface area contributed by atoms with Gasteiger partial charge in [0, 0.05) is 16.8 Å². The third-order valence-corrected chi connectivity index (χ3v) is 4.99. The fraction of sp³-hybridized carbons (Fsp3) is 0.160. The molecular formula is C25H24ClN3O6. The monoisotopic (exact) mass is 497 g/mol. The largest absolute Gasteiger partial charge is 0.495 e. The summed E-state index contributed by atoms with van der Waals surface area (Å²) in [6, 6.07) is 16.8. The van der Waals surface area contributed by atoms with Crippen molar-refractivity contribution in [1.82, 2.24) is 0 Å². The maximum absolute atomic E-state index is 12.5. The Balaban J connectivity index is 1.51. The van der Waals surface area contributed by atoms with E-state index in [1.165, 1.54) is 27.5 Å². The zero-order chi connectivity index (χ0) is 25.2. The third kappa shape index (κ3) is 6.87. The predicted octanol–water partition coefficient (Wildman–Crippen LogP) is 4.61. The summed E-state index contributed by atoms with van der Waals surface area (Å²) in [5, 5.41) is 9.60. The lowest BCUT2D eigenvalue weighted by Crippen LogP contribution is -2.17. The van der Waals surface area contributed by atoms with E-state index in [0.29, 0.717) is 44.8 Å². The molecule has 0 aromatic heterocycles. The summed E-state index contributed by atoms with van der Waals surface area (Å²) in [6.07, 6.45) is 1.40. The molecule has 35 heavy (non-hydrogen) atoms. The van der Waals surface area contributed by atoms with Gasteiger partial charge in [0.1, 0.15) is 5.75 Å². The maximum Gasteiger partial charge on any atom is 0.265 e. The number of ether oxygens (including phenoxy) is 3. The number of nitrogens with one attached hydrogen (secondary N) is 2. The number of methoxy groups -OCH3 is 3. The van der Waals surface area contributed by atoms with Gasteiger partial charge in [0.05, 0.1) is 38.3 Å². The van der Waals surface area contributed by atoms with E-state index >= 15 is 0 Å². The van der Waals surface area contributed by atoms with Gasteiger partial charge in [-0.2, -0.15) is 0 Å². The average molecular weight is 498 g/mol. The first kappa shape index (κ1) is 25.4. The van der Waals surface area contributed by atoms with Gasteiger partial charge in [-0.15, -0.1) is 0 Å². The molecule has 0 heterocycles. The smallest absolute Gasteiger partial charge is 0.265 e. The zero-order valence-electron chi connectivity index (χ0n) is 19.3. The number of hydrogen-bond donors (Lipinski definition) is 2. The highest BCUT2D eigenvalue weighted by Gasteiger charge is 2.11. The molecule has 0 radical (unpaired) electrons. The number of benzene rings is 3. The zero-order valence-corrected chi connectivity index (χ0v) is 20.1. The highest BCUT2D eigenvalue weighted by Crippen LogP contribution is 2.35. The Bertz CT molecular complexity index is 1210. The van der Waals surface area contributed by atoms with Crippen molar-refractivity contribution in [2.45, 2.75) is 0 Å². The number of halogens is 1. The molecule has 0 aliphatic carbocycles. The van der Waals surface area contributed by atoms with Crippen LogP contribution in [0.2, 0.25) is 5.02 Å². The van der Waals surface area contributed by atoms with Gasteiger partial charge >= 0.3 is 0 Å². The number of carbonyl (C=O) groups is 2. The molecule has 0 atom stereocenters. The SMILES string of the molecule is COc1ccccc1NC(=O)c1ccc(NC(=O)CO/N=C/c2cc(Cl)c(OC)c(OC)c2)cc1. The molecule has 10 heteroatoms. The van der Waals surface area contributed by atoms with Crippen molar-refractivity contribution in [2.24, 2.45) is 5.16 Å². The predicted molar refractivity (Wildman–Crippen MR) is 134 cm³/mol. The van der Waals surface area contributed by atoms with Gasteiger partial charge in [-0.3, -0.25) is 9.59 Å². The summed E-state index contributed by atoms with van der Waals surface area (Å²) in [6.45, 7) is -0.312. The minimum atomic E-state index is -0.418. The molecule has 0 fully saturated rings. The molecule has 0 saturated heterocycles. The first-order valence-corrected chi connectivity index (χ1v) is 10.7. The quantitative estimate of drug-likeness (QED) is 0.313. The summed E-state index contributed by atoms with van der Waals surface area (Å²) >= 11 is 6.15. The van der Waals surface area contributed by atoms with Crippen molar-refractivity contribution in [3.05, 3.63) is 76.8 Å². The molecule has 182 valence electrons. The lowest BCUT2D eigenvalue weighted by Gasteiger charge is -2.10. The van der Waals surface area contributed by atoms with E-state index in [2.05, 4.69) is 15.8 Å². The van der Waals surface area contributed by atoms with Crippen LogP contribution in [-0.4, -0.2) is 46.0 Å². The first-order chi connectivity index (χ1) is 16.9. The summed E-state index contributed by atoms with van der Waals surface area (Å²) in [5.74, 6) is 0.690. The normalized spacial score (nSPS) is 10.5. The molecule has 2 amide bonds. The lowest BCUT2D eigenvalue weighted by atomic mass is 10.2. The van der Waals surface area contributed by atoms with E-state index in [1.54, 1.807) is 54.6 Å². The van der Waals surface area contributed by atoms with Gasteiger partial charge in [-0.1, -0.05) is 28.9 Å². The Hall–Kier alpha value is -4.24. The molecule has 0 aliphatic heterocycles. The van der Waals surface area contributed by atoms with Crippen LogP contribution in [0.3, 0.4) is 0 Å². The van der Waals surface area contributed by atoms with Gasteiger partial charge in [-0.25, -0.2) is 0 Å². The van der Waals surface area contributed by atoms with E-state index in [1.807, 2.05) is 6.07 Å². The Morgan fingerprint density at radius 1 is 0.914 bits per heavy atom. The van der Waals surface area contributed by atoms with Crippen molar-refractivity contribution >= 4 is 41.0 Å². The van der Waals surface area contributed by atoms with Gasteiger partial charge in [0.2, 0.25) is 0 Å². The van der Waals surface area contributed by atoms with Crippen molar-refractivity contribution in [2.75, 3.05) is 38.6 Å². The van der Waals surface area contributed by atoms with Crippen LogP contribution >= 0.6 is 11.6 Å². The second-order valence-electron chi connectivity index (χ2n) is 7.03. The van der Waals surface area contributed by atoms with E-state index < -0.39 is 5.91 Å². The highest BCUT2D eigenvalue weighted by atomic mass is 35.5. The minimum Gasteiger partial charge on any atom is -0.495 e.